The third-order valence-corrected chi connectivity index (χ3v) is 3.20. The first-order chi connectivity index (χ1) is 11.7. The lowest BCUT2D eigenvalue weighted by molar-refractivity contribution is 0.482. The number of para-hydroxylation sites is 1. The van der Waals surface area contributed by atoms with E-state index >= 15 is 0 Å². The maximum absolute atomic E-state index is 5.81. The van der Waals surface area contributed by atoms with Crippen LogP contribution in [0, 0.1) is 13.8 Å². The molecule has 1 N–H and O–H groups in total. The van der Waals surface area contributed by atoms with Gasteiger partial charge in [0, 0.05) is 11.4 Å². The second-order valence-electron chi connectivity index (χ2n) is 5.33. The summed E-state index contributed by atoms with van der Waals surface area (Å²) in [5, 5.41) is 4.19. The van der Waals surface area contributed by atoms with E-state index in [1.54, 1.807) is 6.21 Å². The quantitative estimate of drug-likeness (QED) is 0.562. The first-order valence-electron chi connectivity index (χ1n) is 7.63. The molecular formula is C19H18N4O. The van der Waals surface area contributed by atoms with Crippen molar-refractivity contribution in [3.05, 3.63) is 77.6 Å². The van der Waals surface area contributed by atoms with Crippen LogP contribution in [0.15, 0.2) is 65.8 Å². The first-order valence-corrected chi connectivity index (χ1v) is 7.63. The van der Waals surface area contributed by atoms with Crippen molar-refractivity contribution in [3.63, 3.8) is 0 Å². The van der Waals surface area contributed by atoms with Crippen molar-refractivity contribution in [2.45, 2.75) is 13.8 Å². The molecule has 3 rings (SSSR count). The monoisotopic (exact) mass is 318 g/mol. The van der Waals surface area contributed by atoms with Gasteiger partial charge in [-0.05, 0) is 49.7 Å². The molecule has 120 valence electrons. The first kappa shape index (κ1) is 15.7. The Bertz CT molecular complexity index is 827. The molecule has 3 aromatic rings. The summed E-state index contributed by atoms with van der Waals surface area (Å²) in [6, 6.07) is 19.3. The molecule has 0 unspecified atom stereocenters. The van der Waals surface area contributed by atoms with Crippen LogP contribution in [0.2, 0.25) is 0 Å². The molecule has 5 heteroatoms. The van der Waals surface area contributed by atoms with E-state index in [-0.39, 0.29) is 0 Å². The van der Waals surface area contributed by atoms with Gasteiger partial charge in [-0.2, -0.15) is 5.10 Å². The molecular weight excluding hydrogens is 300 g/mol. The Balaban J connectivity index is 1.68. The summed E-state index contributed by atoms with van der Waals surface area (Å²) in [5.41, 5.74) is 5.57. The van der Waals surface area contributed by atoms with Crippen molar-refractivity contribution < 1.29 is 4.74 Å². The normalized spacial score (nSPS) is 10.8. The highest BCUT2D eigenvalue weighted by Gasteiger charge is 1.99. The smallest absolute Gasteiger partial charge is 0.243 e. The maximum atomic E-state index is 5.81. The number of rotatable bonds is 5. The van der Waals surface area contributed by atoms with E-state index in [1.807, 2.05) is 74.5 Å². The highest BCUT2D eigenvalue weighted by Crippen LogP contribution is 2.21. The van der Waals surface area contributed by atoms with E-state index in [0.29, 0.717) is 5.95 Å². The van der Waals surface area contributed by atoms with Gasteiger partial charge in [-0.15, -0.1) is 0 Å². The summed E-state index contributed by atoms with van der Waals surface area (Å²) < 4.78 is 5.81. The average Bonchev–Trinajstić information content (AvgIpc) is 2.55. The molecule has 0 spiro atoms. The number of ether oxygens (including phenoxy) is 1. The SMILES string of the molecule is Cc1cc(C)nc(N/N=C\c2cccc(Oc3ccccc3)c2)n1. The van der Waals surface area contributed by atoms with Gasteiger partial charge in [-0.3, -0.25) is 0 Å². The highest BCUT2D eigenvalue weighted by molar-refractivity contribution is 5.80. The molecule has 0 radical (unpaired) electrons. The van der Waals surface area contributed by atoms with Gasteiger partial charge >= 0.3 is 0 Å². The highest BCUT2D eigenvalue weighted by atomic mass is 16.5. The predicted molar refractivity (Wildman–Crippen MR) is 95.7 cm³/mol. The van der Waals surface area contributed by atoms with Crippen LogP contribution in [0.4, 0.5) is 5.95 Å². The molecule has 0 saturated carbocycles. The third-order valence-electron chi connectivity index (χ3n) is 3.20. The molecule has 1 aromatic heterocycles. The number of nitrogens with zero attached hydrogens (tertiary/aromatic N) is 3. The molecule has 0 aliphatic heterocycles. The minimum Gasteiger partial charge on any atom is -0.457 e. The summed E-state index contributed by atoms with van der Waals surface area (Å²) in [6.07, 6.45) is 1.71. The summed E-state index contributed by atoms with van der Waals surface area (Å²) in [4.78, 5) is 8.56. The number of anilines is 1. The Labute approximate surface area is 141 Å². The zero-order valence-corrected chi connectivity index (χ0v) is 13.6. The van der Waals surface area contributed by atoms with E-state index in [2.05, 4.69) is 20.5 Å². The van der Waals surface area contributed by atoms with E-state index in [0.717, 1.165) is 28.5 Å². The minimum atomic E-state index is 0.487. The Morgan fingerprint density at radius 1 is 0.875 bits per heavy atom. The van der Waals surface area contributed by atoms with Gasteiger partial charge in [0.25, 0.3) is 0 Å². The third kappa shape index (κ3) is 4.39. The van der Waals surface area contributed by atoms with Gasteiger partial charge in [0.05, 0.1) is 6.21 Å². The molecule has 0 saturated heterocycles. The van der Waals surface area contributed by atoms with Gasteiger partial charge in [0.1, 0.15) is 11.5 Å². The van der Waals surface area contributed by atoms with Crippen LogP contribution in [0.1, 0.15) is 17.0 Å². The number of hydrogen-bond donors (Lipinski definition) is 1. The summed E-state index contributed by atoms with van der Waals surface area (Å²) in [5.74, 6) is 2.04. The lowest BCUT2D eigenvalue weighted by Crippen LogP contribution is -1.99. The van der Waals surface area contributed by atoms with Crippen molar-refractivity contribution in [3.8, 4) is 11.5 Å². The Morgan fingerprint density at radius 3 is 2.33 bits per heavy atom. The average molecular weight is 318 g/mol. The van der Waals surface area contributed by atoms with Crippen LogP contribution < -0.4 is 10.2 Å². The number of nitrogens with one attached hydrogen (secondary N) is 1. The number of hydrazone groups is 1. The zero-order valence-electron chi connectivity index (χ0n) is 13.6. The van der Waals surface area contributed by atoms with Crippen LogP contribution in [0.5, 0.6) is 11.5 Å². The van der Waals surface area contributed by atoms with Crippen LogP contribution in [0.3, 0.4) is 0 Å². The van der Waals surface area contributed by atoms with Gasteiger partial charge in [-0.1, -0.05) is 30.3 Å². The zero-order chi connectivity index (χ0) is 16.8. The van der Waals surface area contributed by atoms with Crippen LogP contribution >= 0.6 is 0 Å². The van der Waals surface area contributed by atoms with Crippen molar-refractivity contribution in [2.75, 3.05) is 5.43 Å². The fourth-order valence-corrected chi connectivity index (χ4v) is 2.22. The molecule has 2 aromatic carbocycles. The Morgan fingerprint density at radius 2 is 1.58 bits per heavy atom. The summed E-state index contributed by atoms with van der Waals surface area (Å²) >= 11 is 0. The maximum Gasteiger partial charge on any atom is 0.243 e. The predicted octanol–water partition coefficient (Wildman–Crippen LogP) is 4.33. The molecule has 0 aliphatic rings. The minimum absolute atomic E-state index is 0.487. The topological polar surface area (TPSA) is 59.4 Å². The van der Waals surface area contributed by atoms with Crippen molar-refractivity contribution in [1.82, 2.24) is 9.97 Å². The van der Waals surface area contributed by atoms with Gasteiger partial charge < -0.3 is 4.74 Å². The summed E-state index contributed by atoms with van der Waals surface area (Å²) in [6.45, 7) is 3.85. The molecule has 0 fully saturated rings. The second kappa shape index (κ2) is 7.37. The van der Waals surface area contributed by atoms with Crippen molar-refractivity contribution >= 4 is 12.2 Å². The van der Waals surface area contributed by atoms with Gasteiger partial charge in [0.2, 0.25) is 5.95 Å². The number of aryl methyl sites for hydroxylation is 2. The largest absolute Gasteiger partial charge is 0.457 e. The number of aromatic nitrogens is 2. The van der Waals surface area contributed by atoms with E-state index in [1.165, 1.54) is 0 Å². The van der Waals surface area contributed by atoms with Crippen molar-refractivity contribution in [2.24, 2.45) is 5.10 Å². The second-order valence-corrected chi connectivity index (χ2v) is 5.33. The molecule has 0 aliphatic carbocycles. The lowest BCUT2D eigenvalue weighted by Gasteiger charge is -2.06. The van der Waals surface area contributed by atoms with E-state index in [4.69, 9.17) is 4.74 Å². The van der Waals surface area contributed by atoms with Crippen LogP contribution in [-0.2, 0) is 0 Å². The van der Waals surface area contributed by atoms with E-state index < -0.39 is 0 Å². The lowest BCUT2D eigenvalue weighted by atomic mass is 10.2. The van der Waals surface area contributed by atoms with Crippen molar-refractivity contribution in [1.29, 1.82) is 0 Å². The van der Waals surface area contributed by atoms with Crippen LogP contribution in [-0.4, -0.2) is 16.2 Å². The van der Waals surface area contributed by atoms with Gasteiger partial charge in [-0.25, -0.2) is 15.4 Å². The van der Waals surface area contributed by atoms with E-state index in [9.17, 15) is 0 Å². The fourth-order valence-electron chi connectivity index (χ4n) is 2.22. The molecule has 24 heavy (non-hydrogen) atoms. The van der Waals surface area contributed by atoms with Gasteiger partial charge in [0.15, 0.2) is 0 Å². The molecule has 0 bridgehead atoms. The fraction of sp³-hybridized carbons (Fsp3) is 0.105. The molecule has 0 amide bonds. The Kier molecular flexibility index (Phi) is 4.81. The standard InChI is InChI=1S/C19H18N4O/c1-14-11-15(2)22-19(21-14)23-20-13-16-7-6-10-18(12-16)24-17-8-4-3-5-9-17/h3-13H,1-2H3,(H,21,22,23)/b20-13-. The number of hydrogen-bond acceptors (Lipinski definition) is 5. The molecule has 1 heterocycles. The molecule has 0 atom stereocenters. The Hall–Kier alpha value is -3.21. The molecule has 5 nitrogen and oxygen atoms in total. The van der Waals surface area contributed by atoms with Crippen LogP contribution in [0.25, 0.3) is 0 Å². The number of benzene rings is 2. The summed E-state index contributed by atoms with van der Waals surface area (Å²) in [7, 11) is 0.